The monoisotopic (exact) mass is 332 g/mol. The normalized spacial score (nSPS) is 21.8. The fourth-order valence-electron chi connectivity index (χ4n) is 4.27. The van der Waals surface area contributed by atoms with Gasteiger partial charge >= 0.3 is 0 Å². The zero-order chi connectivity index (χ0) is 17.7. The van der Waals surface area contributed by atoms with Crippen molar-refractivity contribution in [1.29, 1.82) is 0 Å². The standard InChI is InChI=1S/C22H36O2/c1-5-6-7-8-12-22(3,4)18-14-19(23)21(20(24)15-18)17-11-9-10-16(2)13-17/h14-17,23-24H,5-13H2,1-4H3/t16-,17?/m0/s1. The molecule has 0 aromatic heterocycles. The van der Waals surface area contributed by atoms with E-state index in [4.69, 9.17) is 0 Å². The Morgan fingerprint density at radius 1 is 1.04 bits per heavy atom. The highest BCUT2D eigenvalue weighted by Gasteiger charge is 2.28. The third kappa shape index (κ3) is 4.68. The van der Waals surface area contributed by atoms with Crippen LogP contribution < -0.4 is 0 Å². The molecule has 1 aromatic rings. The summed E-state index contributed by atoms with van der Waals surface area (Å²) >= 11 is 0. The summed E-state index contributed by atoms with van der Waals surface area (Å²) in [4.78, 5) is 0. The van der Waals surface area contributed by atoms with Crippen LogP contribution in [0, 0.1) is 5.92 Å². The molecule has 2 nitrogen and oxygen atoms in total. The minimum atomic E-state index is -0.0128. The van der Waals surface area contributed by atoms with Gasteiger partial charge in [-0.1, -0.05) is 66.2 Å². The summed E-state index contributed by atoms with van der Waals surface area (Å²) in [7, 11) is 0. The van der Waals surface area contributed by atoms with Crippen molar-refractivity contribution in [2.45, 2.75) is 96.8 Å². The molecule has 2 N–H and O–H groups in total. The average molecular weight is 333 g/mol. The van der Waals surface area contributed by atoms with Gasteiger partial charge in [-0.3, -0.25) is 0 Å². The molecule has 0 spiro atoms. The number of phenolic OH excluding ortho intramolecular Hbond substituents is 2. The Kier molecular flexibility index (Phi) is 6.60. The second-order valence-corrected chi connectivity index (χ2v) is 8.59. The molecule has 24 heavy (non-hydrogen) atoms. The van der Waals surface area contributed by atoms with E-state index in [1.807, 2.05) is 12.1 Å². The molecule has 1 aliphatic rings. The first kappa shape index (κ1) is 19.1. The van der Waals surface area contributed by atoms with Crippen LogP contribution in [0.1, 0.15) is 103 Å². The van der Waals surface area contributed by atoms with Crippen LogP contribution in [0.5, 0.6) is 11.5 Å². The first-order valence-electron chi connectivity index (χ1n) is 9.91. The maximum Gasteiger partial charge on any atom is 0.123 e. The van der Waals surface area contributed by atoms with Gasteiger partial charge in [0.05, 0.1) is 0 Å². The highest BCUT2D eigenvalue weighted by molar-refractivity contribution is 5.50. The minimum Gasteiger partial charge on any atom is -0.508 e. The zero-order valence-electron chi connectivity index (χ0n) is 16.1. The van der Waals surface area contributed by atoms with Crippen LogP contribution in [-0.4, -0.2) is 10.2 Å². The number of hydrogen-bond donors (Lipinski definition) is 2. The largest absolute Gasteiger partial charge is 0.508 e. The van der Waals surface area contributed by atoms with Crippen molar-refractivity contribution in [3.05, 3.63) is 23.3 Å². The maximum absolute atomic E-state index is 10.6. The Morgan fingerprint density at radius 3 is 2.29 bits per heavy atom. The van der Waals surface area contributed by atoms with Crippen LogP contribution in [0.3, 0.4) is 0 Å². The van der Waals surface area contributed by atoms with E-state index in [-0.39, 0.29) is 5.41 Å². The Bertz CT molecular complexity index is 510. The van der Waals surface area contributed by atoms with E-state index >= 15 is 0 Å². The quantitative estimate of drug-likeness (QED) is 0.549. The van der Waals surface area contributed by atoms with Crippen molar-refractivity contribution in [2.24, 2.45) is 5.92 Å². The summed E-state index contributed by atoms with van der Waals surface area (Å²) < 4.78 is 0. The Labute approximate surface area is 148 Å². The van der Waals surface area contributed by atoms with E-state index in [2.05, 4.69) is 27.7 Å². The van der Waals surface area contributed by atoms with Gasteiger partial charge < -0.3 is 10.2 Å². The molecule has 1 unspecified atom stereocenters. The first-order valence-corrected chi connectivity index (χ1v) is 9.91. The predicted molar refractivity (Wildman–Crippen MR) is 102 cm³/mol. The van der Waals surface area contributed by atoms with E-state index in [0.29, 0.717) is 23.3 Å². The Balaban J connectivity index is 2.16. The molecule has 0 aliphatic heterocycles. The number of aromatic hydroxyl groups is 2. The van der Waals surface area contributed by atoms with Gasteiger partial charge in [0.1, 0.15) is 11.5 Å². The summed E-state index contributed by atoms with van der Waals surface area (Å²) in [6.07, 6.45) is 10.7. The van der Waals surface area contributed by atoms with Crippen LogP contribution >= 0.6 is 0 Å². The molecule has 1 aliphatic carbocycles. The average Bonchev–Trinajstić information content (AvgIpc) is 2.51. The smallest absolute Gasteiger partial charge is 0.123 e. The molecule has 0 heterocycles. The third-order valence-corrected chi connectivity index (χ3v) is 5.92. The molecule has 2 atom stereocenters. The second-order valence-electron chi connectivity index (χ2n) is 8.59. The van der Waals surface area contributed by atoms with Crippen molar-refractivity contribution in [3.63, 3.8) is 0 Å². The van der Waals surface area contributed by atoms with Gasteiger partial charge in [-0.2, -0.15) is 0 Å². The van der Waals surface area contributed by atoms with Crippen molar-refractivity contribution < 1.29 is 10.2 Å². The third-order valence-electron chi connectivity index (χ3n) is 5.92. The van der Waals surface area contributed by atoms with E-state index in [1.165, 1.54) is 38.5 Å². The fraction of sp³-hybridized carbons (Fsp3) is 0.727. The van der Waals surface area contributed by atoms with Gasteiger partial charge in [0, 0.05) is 5.56 Å². The molecular weight excluding hydrogens is 296 g/mol. The lowest BCUT2D eigenvalue weighted by atomic mass is 9.75. The Morgan fingerprint density at radius 2 is 1.71 bits per heavy atom. The van der Waals surface area contributed by atoms with Crippen molar-refractivity contribution in [2.75, 3.05) is 0 Å². The summed E-state index contributed by atoms with van der Waals surface area (Å²) in [6.45, 7) is 8.94. The van der Waals surface area contributed by atoms with Gasteiger partial charge in [-0.25, -0.2) is 0 Å². The maximum atomic E-state index is 10.6. The highest BCUT2D eigenvalue weighted by Crippen LogP contribution is 2.45. The molecule has 2 rings (SSSR count). The number of rotatable bonds is 7. The first-order chi connectivity index (χ1) is 11.3. The fourth-order valence-corrected chi connectivity index (χ4v) is 4.27. The lowest BCUT2D eigenvalue weighted by Crippen LogP contribution is -2.18. The summed E-state index contributed by atoms with van der Waals surface area (Å²) in [5, 5.41) is 21.2. The van der Waals surface area contributed by atoms with Crippen LogP contribution in [0.25, 0.3) is 0 Å². The molecule has 0 amide bonds. The van der Waals surface area contributed by atoms with Crippen LogP contribution in [-0.2, 0) is 5.41 Å². The number of phenols is 2. The van der Waals surface area contributed by atoms with Crippen molar-refractivity contribution >= 4 is 0 Å². The number of hydrogen-bond acceptors (Lipinski definition) is 2. The minimum absolute atomic E-state index is 0.0128. The number of benzene rings is 1. The molecule has 1 saturated carbocycles. The van der Waals surface area contributed by atoms with Gasteiger partial charge in [-0.15, -0.1) is 0 Å². The van der Waals surface area contributed by atoms with E-state index in [0.717, 1.165) is 30.4 Å². The topological polar surface area (TPSA) is 40.5 Å². The lowest BCUT2D eigenvalue weighted by molar-refractivity contribution is 0.326. The molecule has 136 valence electrons. The summed E-state index contributed by atoms with van der Waals surface area (Å²) in [5.41, 5.74) is 1.83. The van der Waals surface area contributed by atoms with Crippen LogP contribution in [0.15, 0.2) is 12.1 Å². The molecule has 1 aromatic carbocycles. The molecule has 2 heteroatoms. The highest BCUT2D eigenvalue weighted by atomic mass is 16.3. The molecule has 0 saturated heterocycles. The summed E-state index contributed by atoms with van der Waals surface area (Å²) in [6, 6.07) is 3.82. The Hall–Kier alpha value is -1.18. The van der Waals surface area contributed by atoms with Gasteiger partial charge in [0.25, 0.3) is 0 Å². The van der Waals surface area contributed by atoms with Crippen LogP contribution in [0.4, 0.5) is 0 Å². The molecule has 1 fully saturated rings. The lowest BCUT2D eigenvalue weighted by Gasteiger charge is -2.30. The van der Waals surface area contributed by atoms with Gasteiger partial charge in [0.15, 0.2) is 0 Å². The van der Waals surface area contributed by atoms with E-state index in [1.54, 1.807) is 0 Å². The predicted octanol–water partition coefficient (Wildman–Crippen LogP) is 6.64. The van der Waals surface area contributed by atoms with E-state index < -0.39 is 0 Å². The van der Waals surface area contributed by atoms with Crippen LogP contribution in [0.2, 0.25) is 0 Å². The zero-order valence-corrected chi connectivity index (χ0v) is 16.1. The summed E-state index contributed by atoms with van der Waals surface area (Å²) in [5.74, 6) is 1.57. The van der Waals surface area contributed by atoms with E-state index in [9.17, 15) is 10.2 Å². The molecule has 0 radical (unpaired) electrons. The van der Waals surface area contributed by atoms with Gasteiger partial charge in [-0.05, 0) is 54.2 Å². The SMILES string of the molecule is CCCCCCC(C)(C)c1cc(O)c(C2CCC[C@H](C)C2)c(O)c1. The van der Waals surface area contributed by atoms with Crippen molar-refractivity contribution in [3.8, 4) is 11.5 Å². The molecular formula is C22H36O2. The van der Waals surface area contributed by atoms with Crippen molar-refractivity contribution in [1.82, 2.24) is 0 Å². The number of unbranched alkanes of at least 4 members (excludes halogenated alkanes) is 3. The molecule has 0 bridgehead atoms. The second kappa shape index (κ2) is 8.27. The van der Waals surface area contributed by atoms with Gasteiger partial charge in [0.2, 0.25) is 0 Å².